The Hall–Kier alpha value is -6.08. The SMILES string of the molecule is O=C(O)CCOCC(COCCC(=O)O)CC(=O)CCOCC(COCCC(=O)CC(COCCC(=O)O)COCCC(=O)O)NC(=O)CCC(=O)N1Cc2ccccc2C#Cc2ccccc21. The van der Waals surface area contributed by atoms with Gasteiger partial charge in [-0.25, -0.2) is 0 Å². The predicted octanol–water partition coefficient (Wildman–Crippen LogP) is 3.13. The number of aliphatic carboxylic acids is 4. The number of ether oxygens (including phenoxy) is 6. The minimum Gasteiger partial charge on any atom is -0.481 e. The molecule has 2 amide bonds. The minimum atomic E-state index is -1.05. The first-order valence-corrected chi connectivity index (χ1v) is 22.4. The monoisotopic (exact) mass is 954 g/mol. The van der Waals surface area contributed by atoms with Gasteiger partial charge in [0.05, 0.1) is 123 Å². The molecule has 20 nitrogen and oxygen atoms in total. The van der Waals surface area contributed by atoms with Crippen molar-refractivity contribution in [3.05, 3.63) is 65.2 Å². The van der Waals surface area contributed by atoms with Gasteiger partial charge in [0, 0.05) is 61.5 Å². The number of fused-ring (bicyclic) bond motifs is 2. The van der Waals surface area contributed by atoms with Crippen LogP contribution in [0, 0.1) is 23.7 Å². The highest BCUT2D eigenvalue weighted by Gasteiger charge is 2.24. The Balaban J connectivity index is 1.60. The summed E-state index contributed by atoms with van der Waals surface area (Å²) in [6.07, 6.45) is -1.39. The molecule has 1 aliphatic rings. The van der Waals surface area contributed by atoms with Gasteiger partial charge in [0.1, 0.15) is 11.6 Å². The smallest absolute Gasteiger partial charge is 0.305 e. The largest absolute Gasteiger partial charge is 0.481 e. The third-order valence-corrected chi connectivity index (χ3v) is 10.1. The van der Waals surface area contributed by atoms with Gasteiger partial charge in [-0.3, -0.25) is 38.4 Å². The van der Waals surface area contributed by atoms with Gasteiger partial charge < -0.3 is 59.1 Å². The molecule has 0 fully saturated rings. The summed E-state index contributed by atoms with van der Waals surface area (Å²) >= 11 is 0. The molecule has 20 heteroatoms. The fourth-order valence-corrected chi connectivity index (χ4v) is 6.64. The molecule has 1 heterocycles. The summed E-state index contributed by atoms with van der Waals surface area (Å²) < 4.78 is 33.3. The third kappa shape index (κ3) is 24.6. The van der Waals surface area contributed by atoms with Crippen molar-refractivity contribution in [2.45, 2.75) is 76.8 Å². The molecule has 68 heavy (non-hydrogen) atoms. The summed E-state index contributed by atoms with van der Waals surface area (Å²) in [7, 11) is 0. The van der Waals surface area contributed by atoms with Crippen LogP contribution in [0.3, 0.4) is 0 Å². The fraction of sp³-hybridized carbons (Fsp3) is 0.542. The Labute approximate surface area is 394 Å². The van der Waals surface area contributed by atoms with Crippen molar-refractivity contribution in [3.63, 3.8) is 0 Å². The number of rotatable bonds is 38. The summed E-state index contributed by atoms with van der Waals surface area (Å²) in [6.45, 7) is -0.373. The van der Waals surface area contributed by atoms with Gasteiger partial charge in [-0.1, -0.05) is 42.2 Å². The normalized spacial score (nSPS) is 11.8. The molecule has 0 radical (unpaired) electrons. The van der Waals surface area contributed by atoms with Crippen LogP contribution in [0.5, 0.6) is 0 Å². The standard InChI is InChI=1S/C48H62N2O18/c51-40(25-34(28-63-21-15-45(55)56)29-64-22-16-46(57)58)13-19-67-32-39(33-68-20-14-41(52)26-35(30-65-23-17-47(59)60)31-66-24-18-48(61)62)49-43(53)11-12-44(54)50-27-38-7-2-1-5-36(38)9-10-37-6-3-4-8-42(37)50/h1-8,34-35,39H,11-33H2,(H,49,53)(H,55,56)(H,57,58)(H,59,60)(H,61,62). The molecule has 0 saturated carbocycles. The molecule has 3 rings (SSSR count). The molecule has 0 spiro atoms. The second kappa shape index (κ2) is 32.6. The van der Waals surface area contributed by atoms with Gasteiger partial charge in [-0.2, -0.15) is 0 Å². The van der Waals surface area contributed by atoms with Crippen molar-refractivity contribution < 1.29 is 87.2 Å². The van der Waals surface area contributed by atoms with E-state index in [1.807, 2.05) is 42.5 Å². The summed E-state index contributed by atoms with van der Waals surface area (Å²) in [5.41, 5.74) is 2.93. The van der Waals surface area contributed by atoms with Crippen molar-refractivity contribution in [1.82, 2.24) is 5.32 Å². The van der Waals surface area contributed by atoms with Gasteiger partial charge in [0.2, 0.25) is 11.8 Å². The lowest BCUT2D eigenvalue weighted by Crippen LogP contribution is -2.42. The number of ketones is 2. The van der Waals surface area contributed by atoms with Crippen molar-refractivity contribution >= 4 is 52.9 Å². The number of carboxylic acid groups (broad SMARTS) is 4. The highest BCUT2D eigenvalue weighted by Crippen LogP contribution is 2.26. The number of benzene rings is 2. The maximum absolute atomic E-state index is 13.8. The van der Waals surface area contributed by atoms with Crippen LogP contribution in [0.25, 0.3) is 0 Å². The first-order valence-electron chi connectivity index (χ1n) is 22.4. The number of anilines is 1. The molecule has 1 aliphatic heterocycles. The van der Waals surface area contributed by atoms with E-state index in [9.17, 15) is 38.4 Å². The molecule has 0 atom stereocenters. The first-order chi connectivity index (χ1) is 32.7. The number of hydrogen-bond acceptors (Lipinski definition) is 14. The number of carbonyl (C=O) groups is 8. The van der Waals surface area contributed by atoms with E-state index >= 15 is 0 Å². The number of Topliss-reactive ketones (excluding diaryl/α,β-unsaturated/α-hetero) is 2. The number of nitrogens with one attached hydrogen (secondary N) is 1. The van der Waals surface area contributed by atoms with E-state index in [1.165, 1.54) is 0 Å². The fourth-order valence-electron chi connectivity index (χ4n) is 6.64. The van der Waals surface area contributed by atoms with E-state index in [2.05, 4.69) is 17.2 Å². The lowest BCUT2D eigenvalue weighted by atomic mass is 10.0. The Morgan fingerprint density at radius 3 is 1.37 bits per heavy atom. The summed E-state index contributed by atoms with van der Waals surface area (Å²) in [5, 5.41) is 38.4. The molecule has 5 N–H and O–H groups in total. The summed E-state index contributed by atoms with van der Waals surface area (Å²) in [6, 6.07) is 14.0. The predicted molar refractivity (Wildman–Crippen MR) is 241 cm³/mol. The van der Waals surface area contributed by atoms with Crippen LogP contribution in [0.4, 0.5) is 5.69 Å². The van der Waals surface area contributed by atoms with E-state index in [0.717, 1.165) is 11.1 Å². The van der Waals surface area contributed by atoms with E-state index in [0.29, 0.717) is 11.3 Å². The maximum Gasteiger partial charge on any atom is 0.305 e. The van der Waals surface area contributed by atoms with Gasteiger partial charge >= 0.3 is 23.9 Å². The van der Waals surface area contributed by atoms with E-state index in [-0.39, 0.29) is 168 Å². The average Bonchev–Trinajstić information content (AvgIpc) is 3.28. The maximum atomic E-state index is 13.8. The van der Waals surface area contributed by atoms with Crippen LogP contribution < -0.4 is 10.2 Å². The second-order valence-electron chi connectivity index (χ2n) is 15.9. The van der Waals surface area contributed by atoms with Crippen LogP contribution in [0.1, 0.15) is 80.9 Å². The van der Waals surface area contributed by atoms with Crippen LogP contribution >= 0.6 is 0 Å². The topological polar surface area (TPSA) is 288 Å². The third-order valence-electron chi connectivity index (χ3n) is 10.1. The molecule has 2 aromatic rings. The van der Waals surface area contributed by atoms with Gasteiger partial charge in [-0.05, 0) is 23.8 Å². The zero-order valence-electron chi connectivity index (χ0n) is 38.1. The molecule has 0 unspecified atom stereocenters. The zero-order chi connectivity index (χ0) is 49.5. The van der Waals surface area contributed by atoms with E-state index in [1.54, 1.807) is 11.0 Å². The van der Waals surface area contributed by atoms with E-state index in [4.69, 9.17) is 48.8 Å². The molecular weight excluding hydrogens is 893 g/mol. The van der Waals surface area contributed by atoms with Crippen molar-refractivity contribution in [3.8, 4) is 11.8 Å². The van der Waals surface area contributed by atoms with Crippen molar-refractivity contribution in [1.29, 1.82) is 0 Å². The number of hydrogen-bond donors (Lipinski definition) is 5. The van der Waals surface area contributed by atoms with Crippen LogP contribution in [0.2, 0.25) is 0 Å². The lowest BCUT2D eigenvalue weighted by molar-refractivity contribution is -0.140. The molecule has 0 bridgehead atoms. The van der Waals surface area contributed by atoms with Crippen LogP contribution in [0.15, 0.2) is 48.5 Å². The number of para-hydroxylation sites is 1. The minimum absolute atomic E-state index is 0.0108. The number of carbonyl (C=O) groups excluding carboxylic acids is 4. The van der Waals surface area contributed by atoms with Crippen molar-refractivity contribution in [2.75, 3.05) is 84.2 Å². The summed E-state index contributed by atoms with van der Waals surface area (Å²) in [5.74, 6) is -0.0796. The Morgan fingerprint density at radius 2 is 0.897 bits per heavy atom. The van der Waals surface area contributed by atoms with E-state index < -0.39 is 47.7 Å². The Morgan fingerprint density at radius 1 is 0.500 bits per heavy atom. The second-order valence-corrected chi connectivity index (χ2v) is 15.9. The van der Waals surface area contributed by atoms with Crippen LogP contribution in [-0.4, -0.2) is 153 Å². The highest BCUT2D eigenvalue weighted by molar-refractivity contribution is 5.97. The van der Waals surface area contributed by atoms with Crippen LogP contribution in [-0.2, 0) is 73.3 Å². The molecular formula is C48H62N2O18. The molecule has 0 aliphatic carbocycles. The van der Waals surface area contributed by atoms with Crippen molar-refractivity contribution in [2.24, 2.45) is 11.8 Å². The molecule has 372 valence electrons. The number of carboxylic acids is 4. The summed E-state index contributed by atoms with van der Waals surface area (Å²) in [4.78, 5) is 98.2. The Kier molecular flexibility index (Phi) is 27.0. The Bertz CT molecular complexity index is 1920. The number of nitrogens with zero attached hydrogens (tertiary/aromatic N) is 1. The van der Waals surface area contributed by atoms with Gasteiger partial charge in [-0.15, -0.1) is 0 Å². The first kappa shape index (κ1) is 56.2. The highest BCUT2D eigenvalue weighted by atomic mass is 16.5. The zero-order valence-corrected chi connectivity index (χ0v) is 38.1. The molecule has 0 aromatic heterocycles. The molecule has 2 aromatic carbocycles. The lowest BCUT2D eigenvalue weighted by Gasteiger charge is -2.26. The quantitative estimate of drug-likeness (QED) is 0.0477. The molecule has 0 saturated heterocycles. The average molecular weight is 955 g/mol. The van der Waals surface area contributed by atoms with Gasteiger partial charge in [0.25, 0.3) is 0 Å². The number of amides is 2. The van der Waals surface area contributed by atoms with Gasteiger partial charge in [0.15, 0.2) is 0 Å².